The zero-order valence-electron chi connectivity index (χ0n) is 29.9. The fourth-order valence-corrected chi connectivity index (χ4v) is 8.47. The number of benzene rings is 9. The van der Waals surface area contributed by atoms with E-state index in [9.17, 15) is 0 Å². The van der Waals surface area contributed by atoms with E-state index in [2.05, 4.69) is 216 Å². The highest BCUT2D eigenvalue weighted by atomic mass is 16.3. The van der Waals surface area contributed by atoms with Gasteiger partial charge in [0.2, 0.25) is 0 Å². The third kappa shape index (κ3) is 5.05. The fraction of sp³-hybridized carbons (Fsp3) is 0. The smallest absolute Gasteiger partial charge is 0.143 e. The lowest BCUT2D eigenvalue weighted by atomic mass is 9.97. The molecular formula is C52H34N2O. The maximum Gasteiger partial charge on any atom is 0.143 e. The van der Waals surface area contributed by atoms with Crippen molar-refractivity contribution in [2.45, 2.75) is 0 Å². The number of nitrogens with zero attached hydrogens (tertiary/aromatic N) is 2. The van der Waals surface area contributed by atoms with Gasteiger partial charge in [-0.05, 0) is 83.2 Å². The van der Waals surface area contributed by atoms with Gasteiger partial charge in [0.15, 0.2) is 0 Å². The summed E-state index contributed by atoms with van der Waals surface area (Å²) >= 11 is 0. The molecule has 0 aliphatic rings. The first kappa shape index (κ1) is 31.2. The van der Waals surface area contributed by atoms with Crippen LogP contribution >= 0.6 is 0 Å². The highest BCUT2D eigenvalue weighted by Crippen LogP contribution is 2.46. The van der Waals surface area contributed by atoms with Crippen molar-refractivity contribution in [2.24, 2.45) is 0 Å². The molecule has 0 unspecified atom stereocenters. The molecule has 0 aliphatic heterocycles. The number of para-hydroxylation sites is 4. The van der Waals surface area contributed by atoms with Crippen molar-refractivity contribution in [2.75, 3.05) is 4.90 Å². The SMILES string of the molecule is c1ccc(-c2ccccc2N(c2ccc(-n3c4ccccc4c4ccccc43)cc2)c2ccccc2-c2ccc3oc4c5ccccc5ccc4c3c2)cc1. The lowest BCUT2D eigenvalue weighted by Crippen LogP contribution is -2.12. The molecule has 0 bridgehead atoms. The zero-order valence-corrected chi connectivity index (χ0v) is 29.9. The highest BCUT2D eigenvalue weighted by molar-refractivity contribution is 6.16. The summed E-state index contributed by atoms with van der Waals surface area (Å²) in [5, 5.41) is 7.05. The summed E-state index contributed by atoms with van der Waals surface area (Å²) in [4.78, 5) is 2.42. The van der Waals surface area contributed by atoms with Crippen molar-refractivity contribution in [3.63, 3.8) is 0 Å². The van der Waals surface area contributed by atoms with Crippen LogP contribution in [0.1, 0.15) is 0 Å². The lowest BCUT2D eigenvalue weighted by Gasteiger charge is -2.30. The minimum absolute atomic E-state index is 0.888. The maximum atomic E-state index is 6.52. The first-order valence-electron chi connectivity index (χ1n) is 18.8. The molecule has 0 saturated heterocycles. The standard InChI is InChI=1S/C52H34N2O/c1-2-14-35(15-3-1)40-17-6-10-22-47(40)53(38-28-30-39(31-29-38)54-49-24-12-8-20-43(49)44-21-9-13-25-50(44)54)48-23-11-7-18-41(48)37-27-33-51-46(34-37)45-32-26-36-16-4-5-19-42(36)52(45)55-51/h1-34H. The van der Waals surface area contributed by atoms with Gasteiger partial charge in [0, 0.05) is 49.4 Å². The number of furan rings is 1. The van der Waals surface area contributed by atoms with Crippen molar-refractivity contribution >= 4 is 71.6 Å². The molecule has 3 nitrogen and oxygen atoms in total. The van der Waals surface area contributed by atoms with Gasteiger partial charge in [-0.3, -0.25) is 0 Å². The number of fused-ring (bicyclic) bond motifs is 8. The number of hydrogen-bond donors (Lipinski definition) is 0. The van der Waals surface area contributed by atoms with Gasteiger partial charge < -0.3 is 13.9 Å². The van der Waals surface area contributed by atoms with Crippen LogP contribution < -0.4 is 4.90 Å². The van der Waals surface area contributed by atoms with Gasteiger partial charge >= 0.3 is 0 Å². The summed E-state index contributed by atoms with van der Waals surface area (Å²) in [6.07, 6.45) is 0. The first-order valence-corrected chi connectivity index (χ1v) is 18.8. The Labute approximate surface area is 318 Å². The van der Waals surface area contributed by atoms with E-state index >= 15 is 0 Å². The third-order valence-electron chi connectivity index (χ3n) is 11.0. The Morgan fingerprint density at radius 2 is 0.964 bits per heavy atom. The molecule has 0 N–H and O–H groups in total. The minimum atomic E-state index is 0.888. The molecule has 2 aromatic heterocycles. The minimum Gasteiger partial charge on any atom is -0.455 e. The van der Waals surface area contributed by atoms with Gasteiger partial charge in [0.05, 0.1) is 22.4 Å². The van der Waals surface area contributed by atoms with Crippen LogP contribution in [0.3, 0.4) is 0 Å². The van der Waals surface area contributed by atoms with Gasteiger partial charge in [-0.25, -0.2) is 0 Å². The van der Waals surface area contributed by atoms with Crippen LogP contribution in [0.25, 0.3) is 82.5 Å². The van der Waals surface area contributed by atoms with Crippen molar-refractivity contribution in [1.82, 2.24) is 4.57 Å². The summed E-state index contributed by atoms with van der Waals surface area (Å²) in [7, 11) is 0. The Balaban J connectivity index is 1.11. The van der Waals surface area contributed by atoms with Gasteiger partial charge in [0.1, 0.15) is 11.2 Å². The summed E-state index contributed by atoms with van der Waals surface area (Å²) < 4.78 is 8.89. The van der Waals surface area contributed by atoms with Crippen LogP contribution in [-0.4, -0.2) is 4.57 Å². The number of anilines is 3. The molecule has 0 saturated carbocycles. The second-order valence-corrected chi connectivity index (χ2v) is 14.1. The Bertz CT molecular complexity index is 3150. The molecule has 0 aliphatic carbocycles. The molecular weight excluding hydrogens is 669 g/mol. The molecule has 0 radical (unpaired) electrons. The molecule has 0 atom stereocenters. The van der Waals surface area contributed by atoms with Crippen LogP contribution in [-0.2, 0) is 0 Å². The van der Waals surface area contributed by atoms with Crippen LogP contribution in [0.4, 0.5) is 17.1 Å². The van der Waals surface area contributed by atoms with Crippen molar-refractivity contribution < 1.29 is 4.42 Å². The van der Waals surface area contributed by atoms with Gasteiger partial charge in [-0.1, -0.05) is 140 Å². The Hall–Kier alpha value is -7.36. The topological polar surface area (TPSA) is 21.3 Å². The maximum absolute atomic E-state index is 6.52. The van der Waals surface area contributed by atoms with Crippen molar-refractivity contribution in [1.29, 1.82) is 0 Å². The monoisotopic (exact) mass is 702 g/mol. The van der Waals surface area contributed by atoms with E-state index in [0.29, 0.717) is 0 Å². The second kappa shape index (κ2) is 12.6. The normalized spacial score (nSPS) is 11.6. The Morgan fingerprint density at radius 3 is 1.67 bits per heavy atom. The number of rotatable bonds is 6. The molecule has 258 valence electrons. The number of hydrogen-bond acceptors (Lipinski definition) is 2. The van der Waals surface area contributed by atoms with Gasteiger partial charge in [0.25, 0.3) is 0 Å². The molecule has 0 spiro atoms. The fourth-order valence-electron chi connectivity index (χ4n) is 8.47. The average Bonchev–Trinajstić information content (AvgIpc) is 3.81. The summed E-state index contributed by atoms with van der Waals surface area (Å²) in [5.41, 5.74) is 13.2. The van der Waals surface area contributed by atoms with Gasteiger partial charge in [-0.15, -0.1) is 0 Å². The van der Waals surface area contributed by atoms with E-state index in [-0.39, 0.29) is 0 Å². The van der Waals surface area contributed by atoms with Crippen molar-refractivity contribution in [3.05, 3.63) is 206 Å². The zero-order chi connectivity index (χ0) is 36.3. The molecule has 0 fully saturated rings. The predicted molar refractivity (Wildman–Crippen MR) is 231 cm³/mol. The first-order chi connectivity index (χ1) is 27.3. The summed E-state index contributed by atoms with van der Waals surface area (Å²) in [6.45, 7) is 0. The van der Waals surface area contributed by atoms with Crippen molar-refractivity contribution in [3.8, 4) is 27.9 Å². The largest absolute Gasteiger partial charge is 0.455 e. The molecule has 0 amide bonds. The highest BCUT2D eigenvalue weighted by Gasteiger charge is 2.22. The predicted octanol–water partition coefficient (Wildman–Crippen LogP) is 14.6. The summed E-state index contributed by atoms with van der Waals surface area (Å²) in [6, 6.07) is 73.9. The molecule has 2 heterocycles. The Kier molecular flexibility index (Phi) is 7.17. The third-order valence-corrected chi connectivity index (χ3v) is 11.0. The van der Waals surface area contributed by atoms with Crippen LogP contribution in [0.15, 0.2) is 211 Å². The van der Waals surface area contributed by atoms with Crippen LogP contribution in [0, 0.1) is 0 Å². The quantitative estimate of drug-likeness (QED) is 0.172. The second-order valence-electron chi connectivity index (χ2n) is 14.1. The Morgan fingerprint density at radius 1 is 0.382 bits per heavy atom. The molecule has 11 rings (SSSR count). The van der Waals surface area contributed by atoms with E-state index in [4.69, 9.17) is 4.42 Å². The molecule has 3 heteroatoms. The van der Waals surface area contributed by atoms with E-state index in [1.54, 1.807) is 0 Å². The summed E-state index contributed by atoms with van der Waals surface area (Å²) in [5.74, 6) is 0. The van der Waals surface area contributed by atoms with E-state index in [0.717, 1.165) is 66.8 Å². The van der Waals surface area contributed by atoms with E-state index in [1.165, 1.54) is 32.8 Å². The molecule has 55 heavy (non-hydrogen) atoms. The van der Waals surface area contributed by atoms with Crippen LogP contribution in [0.2, 0.25) is 0 Å². The number of aromatic nitrogens is 1. The van der Waals surface area contributed by atoms with Crippen LogP contribution in [0.5, 0.6) is 0 Å². The van der Waals surface area contributed by atoms with E-state index in [1.807, 2.05) is 0 Å². The molecule has 9 aromatic carbocycles. The average molecular weight is 703 g/mol. The van der Waals surface area contributed by atoms with Gasteiger partial charge in [-0.2, -0.15) is 0 Å². The lowest BCUT2D eigenvalue weighted by molar-refractivity contribution is 0.672. The van der Waals surface area contributed by atoms with E-state index < -0.39 is 0 Å². The molecule has 11 aromatic rings.